The van der Waals surface area contributed by atoms with Crippen LogP contribution in [0.4, 0.5) is 0 Å². The van der Waals surface area contributed by atoms with Gasteiger partial charge in [-0.15, -0.1) is 0 Å². The zero-order valence-corrected chi connectivity index (χ0v) is 19.4. The van der Waals surface area contributed by atoms with E-state index >= 15 is 0 Å². The molecule has 2 bridgehead atoms. The number of esters is 1. The van der Waals surface area contributed by atoms with Crippen LogP contribution in [0, 0.1) is 40.9 Å². The molecule has 0 saturated heterocycles. The number of carbonyl (C=O) groups excluding carboxylic acids is 1. The molecule has 27 heavy (non-hydrogen) atoms. The Bertz CT molecular complexity index is 493. The van der Waals surface area contributed by atoms with Crippen LogP contribution < -0.4 is 0 Å². The number of hydrogen-bond donors (Lipinski definition) is 0. The molecule has 2 rings (SSSR count). The molecule has 6 atom stereocenters. The van der Waals surface area contributed by atoms with Gasteiger partial charge in [0.15, 0.2) is 0 Å². The third kappa shape index (κ3) is 4.10. The molecular formula is C25H46O2. The lowest BCUT2D eigenvalue weighted by molar-refractivity contribution is -0.185. The van der Waals surface area contributed by atoms with Gasteiger partial charge in [-0.25, -0.2) is 0 Å². The van der Waals surface area contributed by atoms with Gasteiger partial charge in [-0.3, -0.25) is 4.79 Å². The summed E-state index contributed by atoms with van der Waals surface area (Å²) in [7, 11) is 0. The zero-order chi connectivity index (χ0) is 20.4. The van der Waals surface area contributed by atoms with E-state index in [0.29, 0.717) is 11.8 Å². The van der Waals surface area contributed by atoms with Crippen LogP contribution in [0.1, 0.15) is 107 Å². The van der Waals surface area contributed by atoms with E-state index < -0.39 is 0 Å². The molecule has 0 heterocycles. The zero-order valence-electron chi connectivity index (χ0n) is 19.4. The number of fused-ring (bicyclic) bond motifs is 2. The van der Waals surface area contributed by atoms with Crippen molar-refractivity contribution in [3.8, 4) is 0 Å². The predicted octanol–water partition coefficient (Wildman–Crippen LogP) is 7.26. The molecule has 0 aliphatic heterocycles. The molecule has 2 saturated carbocycles. The van der Waals surface area contributed by atoms with Gasteiger partial charge in [-0.1, -0.05) is 61.3 Å². The van der Waals surface area contributed by atoms with E-state index in [4.69, 9.17) is 4.74 Å². The predicted molar refractivity (Wildman–Crippen MR) is 115 cm³/mol. The van der Waals surface area contributed by atoms with Gasteiger partial charge in [0, 0.05) is 5.92 Å². The second-order valence-electron chi connectivity index (χ2n) is 10.3. The van der Waals surface area contributed by atoms with Gasteiger partial charge >= 0.3 is 5.97 Å². The van der Waals surface area contributed by atoms with E-state index in [9.17, 15) is 4.79 Å². The standard InChI is InChI=1S/C25H46O2/c1-9-19-18-14-21(20(19)10-2)22(15-18)25(12-4,13-5)27-23(26)24(8,11-3)16-17(6)7/h17-22H,9-16H2,1-8H3. The minimum Gasteiger partial charge on any atom is -0.458 e. The Labute approximate surface area is 169 Å². The summed E-state index contributed by atoms with van der Waals surface area (Å²) in [6.07, 6.45) is 8.94. The minimum absolute atomic E-state index is 0.0604. The molecule has 2 aliphatic rings. The van der Waals surface area contributed by atoms with Crippen molar-refractivity contribution in [1.29, 1.82) is 0 Å². The lowest BCUT2D eigenvalue weighted by Crippen LogP contribution is -2.49. The molecule has 2 heteroatoms. The summed E-state index contributed by atoms with van der Waals surface area (Å²) in [5, 5.41) is 0. The van der Waals surface area contributed by atoms with Crippen LogP contribution in [-0.4, -0.2) is 11.6 Å². The maximum atomic E-state index is 13.4. The summed E-state index contributed by atoms with van der Waals surface area (Å²) < 4.78 is 6.55. The highest BCUT2D eigenvalue weighted by Gasteiger charge is 2.58. The van der Waals surface area contributed by atoms with Crippen LogP contribution in [0.3, 0.4) is 0 Å². The van der Waals surface area contributed by atoms with Crippen molar-refractivity contribution in [2.75, 3.05) is 0 Å². The first-order chi connectivity index (χ1) is 12.7. The molecule has 158 valence electrons. The SMILES string of the molecule is CCC1C2CC(C1CC)C(C(CC)(CC)OC(=O)C(C)(CC)CC(C)C)C2. The Morgan fingerprint density at radius 3 is 2.00 bits per heavy atom. The second kappa shape index (κ2) is 8.87. The van der Waals surface area contributed by atoms with E-state index in [2.05, 4.69) is 55.4 Å². The fourth-order valence-corrected chi connectivity index (χ4v) is 7.02. The molecule has 2 aliphatic carbocycles. The molecule has 0 amide bonds. The summed E-state index contributed by atoms with van der Waals surface area (Å²) in [6, 6.07) is 0. The molecule has 0 aromatic carbocycles. The van der Waals surface area contributed by atoms with Gasteiger partial charge in [0.05, 0.1) is 5.41 Å². The summed E-state index contributed by atoms with van der Waals surface area (Å²) >= 11 is 0. The maximum Gasteiger partial charge on any atom is 0.312 e. The Morgan fingerprint density at radius 2 is 1.56 bits per heavy atom. The first-order valence-electron chi connectivity index (χ1n) is 11.9. The van der Waals surface area contributed by atoms with Crippen molar-refractivity contribution in [2.24, 2.45) is 40.9 Å². The molecule has 2 nitrogen and oxygen atoms in total. The Morgan fingerprint density at radius 1 is 0.963 bits per heavy atom. The van der Waals surface area contributed by atoms with Crippen LogP contribution in [0.15, 0.2) is 0 Å². The fourth-order valence-electron chi connectivity index (χ4n) is 7.02. The average molecular weight is 379 g/mol. The van der Waals surface area contributed by atoms with Crippen molar-refractivity contribution in [3.63, 3.8) is 0 Å². The lowest BCUT2D eigenvalue weighted by Gasteiger charge is -2.47. The van der Waals surface area contributed by atoms with Crippen molar-refractivity contribution in [1.82, 2.24) is 0 Å². The second-order valence-corrected chi connectivity index (χ2v) is 10.3. The summed E-state index contributed by atoms with van der Waals surface area (Å²) in [6.45, 7) is 17.9. The monoisotopic (exact) mass is 378 g/mol. The summed E-state index contributed by atoms with van der Waals surface area (Å²) in [5.41, 5.74) is -0.604. The lowest BCUT2D eigenvalue weighted by atomic mass is 9.65. The summed E-state index contributed by atoms with van der Waals surface area (Å²) in [5.74, 6) is 4.50. The van der Waals surface area contributed by atoms with E-state index in [1.54, 1.807) is 0 Å². The topological polar surface area (TPSA) is 26.3 Å². The largest absolute Gasteiger partial charge is 0.458 e. The van der Waals surface area contributed by atoms with Gasteiger partial charge < -0.3 is 4.74 Å². The number of hydrogen-bond acceptors (Lipinski definition) is 2. The number of carbonyl (C=O) groups is 1. The number of ether oxygens (including phenoxy) is 1. The van der Waals surface area contributed by atoms with Crippen molar-refractivity contribution < 1.29 is 9.53 Å². The molecule has 0 N–H and O–H groups in total. The fraction of sp³-hybridized carbons (Fsp3) is 0.960. The van der Waals surface area contributed by atoms with Gasteiger partial charge in [-0.2, -0.15) is 0 Å². The molecule has 0 radical (unpaired) electrons. The quantitative estimate of drug-likeness (QED) is 0.374. The van der Waals surface area contributed by atoms with Gasteiger partial charge in [0.2, 0.25) is 0 Å². The Balaban J connectivity index is 2.24. The molecule has 0 spiro atoms. The van der Waals surface area contributed by atoms with Crippen LogP contribution in [0.5, 0.6) is 0 Å². The molecule has 6 unspecified atom stereocenters. The highest BCUT2D eigenvalue weighted by molar-refractivity contribution is 5.76. The third-order valence-corrected chi connectivity index (χ3v) is 8.60. The van der Waals surface area contributed by atoms with Gasteiger partial charge in [0.25, 0.3) is 0 Å². The molecule has 2 fully saturated rings. The normalized spacial score (nSPS) is 32.7. The first-order valence-corrected chi connectivity index (χ1v) is 11.9. The van der Waals surface area contributed by atoms with Crippen LogP contribution in [0.2, 0.25) is 0 Å². The Kier molecular flexibility index (Phi) is 7.47. The third-order valence-electron chi connectivity index (χ3n) is 8.60. The van der Waals surface area contributed by atoms with Gasteiger partial charge in [0.1, 0.15) is 5.60 Å². The smallest absolute Gasteiger partial charge is 0.312 e. The van der Waals surface area contributed by atoms with Crippen LogP contribution in [0.25, 0.3) is 0 Å². The van der Waals surface area contributed by atoms with Crippen molar-refractivity contribution >= 4 is 5.97 Å². The van der Waals surface area contributed by atoms with E-state index in [0.717, 1.165) is 49.4 Å². The molecule has 0 aromatic heterocycles. The highest BCUT2D eigenvalue weighted by atomic mass is 16.6. The Hall–Kier alpha value is -0.530. The number of rotatable bonds is 10. The maximum absolute atomic E-state index is 13.4. The van der Waals surface area contributed by atoms with E-state index in [1.165, 1.54) is 25.7 Å². The highest BCUT2D eigenvalue weighted by Crippen LogP contribution is 2.61. The van der Waals surface area contributed by atoms with Crippen molar-refractivity contribution in [3.05, 3.63) is 0 Å². The van der Waals surface area contributed by atoms with E-state index in [-0.39, 0.29) is 17.0 Å². The first kappa shape index (κ1) is 22.8. The van der Waals surface area contributed by atoms with Gasteiger partial charge in [-0.05, 0) is 75.0 Å². The molecular weight excluding hydrogens is 332 g/mol. The van der Waals surface area contributed by atoms with Crippen LogP contribution >= 0.6 is 0 Å². The minimum atomic E-state index is -0.350. The summed E-state index contributed by atoms with van der Waals surface area (Å²) in [4.78, 5) is 13.4. The molecule has 0 aromatic rings. The van der Waals surface area contributed by atoms with Crippen molar-refractivity contribution in [2.45, 2.75) is 112 Å². The van der Waals surface area contributed by atoms with E-state index in [1.807, 2.05) is 0 Å². The average Bonchev–Trinajstić information content (AvgIpc) is 3.23. The van der Waals surface area contributed by atoms with Crippen LogP contribution in [-0.2, 0) is 9.53 Å².